The summed E-state index contributed by atoms with van der Waals surface area (Å²) in [7, 11) is 1.65. The summed E-state index contributed by atoms with van der Waals surface area (Å²) in [5.41, 5.74) is 6.22. The maximum absolute atomic E-state index is 12.0. The Labute approximate surface area is 115 Å². The molecule has 2 bridgehead atoms. The van der Waals surface area contributed by atoms with Crippen LogP contribution in [0, 0.1) is 17.8 Å². The summed E-state index contributed by atoms with van der Waals surface area (Å²) < 4.78 is 4.94. The second kappa shape index (κ2) is 7.31. The third kappa shape index (κ3) is 3.59. The van der Waals surface area contributed by atoms with Gasteiger partial charge in [0.15, 0.2) is 0 Å². The SMILES string of the molecule is COCCNC(=O)C1CC2CCCC(C1)C2N.Cl. The second-order valence-corrected chi connectivity index (χ2v) is 5.48. The fraction of sp³-hybridized carbons (Fsp3) is 0.923. The Hall–Kier alpha value is -0.320. The minimum Gasteiger partial charge on any atom is -0.383 e. The number of hydrogen-bond acceptors (Lipinski definition) is 3. The van der Waals surface area contributed by atoms with Gasteiger partial charge in [0, 0.05) is 25.6 Å². The number of amides is 1. The molecule has 1 amide bonds. The van der Waals surface area contributed by atoms with Gasteiger partial charge in [-0.1, -0.05) is 6.42 Å². The predicted octanol–water partition coefficient (Wildman–Crippen LogP) is 1.32. The number of methoxy groups -OCH3 is 1. The lowest BCUT2D eigenvalue weighted by Gasteiger charge is -2.43. The molecule has 2 rings (SSSR count). The second-order valence-electron chi connectivity index (χ2n) is 5.48. The lowest BCUT2D eigenvalue weighted by atomic mass is 9.65. The minimum atomic E-state index is 0. The smallest absolute Gasteiger partial charge is 0.223 e. The van der Waals surface area contributed by atoms with E-state index in [0.717, 1.165) is 12.8 Å². The van der Waals surface area contributed by atoms with E-state index in [1.807, 2.05) is 0 Å². The molecule has 2 aliphatic carbocycles. The van der Waals surface area contributed by atoms with E-state index in [1.54, 1.807) is 7.11 Å². The Morgan fingerprint density at radius 3 is 2.50 bits per heavy atom. The predicted molar refractivity (Wildman–Crippen MR) is 73.7 cm³/mol. The highest BCUT2D eigenvalue weighted by Gasteiger charge is 2.40. The van der Waals surface area contributed by atoms with E-state index in [2.05, 4.69) is 5.32 Å². The Bertz CT molecular complexity index is 262. The largest absolute Gasteiger partial charge is 0.383 e. The number of ether oxygens (including phenoxy) is 1. The van der Waals surface area contributed by atoms with Crippen LogP contribution in [0.5, 0.6) is 0 Å². The van der Waals surface area contributed by atoms with Gasteiger partial charge < -0.3 is 15.8 Å². The van der Waals surface area contributed by atoms with Crippen LogP contribution in [0.25, 0.3) is 0 Å². The zero-order valence-electron chi connectivity index (χ0n) is 11.1. The van der Waals surface area contributed by atoms with Crippen molar-refractivity contribution in [2.75, 3.05) is 20.3 Å². The molecule has 0 aromatic heterocycles. The van der Waals surface area contributed by atoms with Crippen molar-refractivity contribution >= 4 is 18.3 Å². The highest BCUT2D eigenvalue weighted by atomic mass is 35.5. The fourth-order valence-electron chi connectivity index (χ4n) is 3.42. The summed E-state index contributed by atoms with van der Waals surface area (Å²) >= 11 is 0. The summed E-state index contributed by atoms with van der Waals surface area (Å²) in [6.07, 6.45) is 5.67. The molecule has 0 heterocycles. The van der Waals surface area contributed by atoms with E-state index >= 15 is 0 Å². The van der Waals surface area contributed by atoms with E-state index in [9.17, 15) is 4.79 Å². The summed E-state index contributed by atoms with van der Waals surface area (Å²) in [4.78, 5) is 12.0. The minimum absolute atomic E-state index is 0. The molecule has 2 unspecified atom stereocenters. The van der Waals surface area contributed by atoms with Crippen molar-refractivity contribution in [3.05, 3.63) is 0 Å². The molecule has 0 aromatic carbocycles. The molecule has 4 nitrogen and oxygen atoms in total. The molecule has 0 spiro atoms. The van der Waals surface area contributed by atoms with E-state index in [0.29, 0.717) is 31.0 Å². The fourth-order valence-corrected chi connectivity index (χ4v) is 3.42. The van der Waals surface area contributed by atoms with Crippen molar-refractivity contribution in [2.45, 2.75) is 38.1 Å². The third-order valence-electron chi connectivity index (χ3n) is 4.39. The van der Waals surface area contributed by atoms with Crippen LogP contribution in [-0.4, -0.2) is 32.2 Å². The molecule has 18 heavy (non-hydrogen) atoms. The highest BCUT2D eigenvalue weighted by Crippen LogP contribution is 2.41. The molecule has 0 aliphatic heterocycles. The first-order valence-electron chi connectivity index (χ1n) is 6.74. The topological polar surface area (TPSA) is 64.3 Å². The quantitative estimate of drug-likeness (QED) is 0.762. The van der Waals surface area contributed by atoms with Gasteiger partial charge in [-0.25, -0.2) is 0 Å². The van der Waals surface area contributed by atoms with E-state index in [4.69, 9.17) is 10.5 Å². The molecule has 106 valence electrons. The van der Waals surface area contributed by atoms with Crippen molar-refractivity contribution < 1.29 is 9.53 Å². The van der Waals surface area contributed by atoms with Gasteiger partial charge in [0.05, 0.1) is 6.61 Å². The Kier molecular flexibility index (Phi) is 6.39. The standard InChI is InChI=1S/C13H24N2O2.ClH/c1-17-6-5-15-13(16)11-7-9-3-2-4-10(8-11)12(9)14;/h9-12H,2-8,14H2,1H3,(H,15,16);1H. The average molecular weight is 277 g/mol. The number of fused-ring (bicyclic) bond motifs is 2. The monoisotopic (exact) mass is 276 g/mol. The molecule has 0 radical (unpaired) electrons. The normalized spacial score (nSPS) is 34.6. The van der Waals surface area contributed by atoms with E-state index in [-0.39, 0.29) is 24.2 Å². The van der Waals surface area contributed by atoms with E-state index in [1.165, 1.54) is 19.3 Å². The molecule has 2 atom stereocenters. The van der Waals surface area contributed by atoms with E-state index < -0.39 is 0 Å². The first-order valence-corrected chi connectivity index (χ1v) is 6.74. The van der Waals surface area contributed by atoms with Gasteiger partial charge >= 0.3 is 0 Å². The van der Waals surface area contributed by atoms with Gasteiger partial charge in [-0.15, -0.1) is 12.4 Å². The molecular formula is C13H25ClN2O2. The molecule has 2 fully saturated rings. The maximum Gasteiger partial charge on any atom is 0.223 e. The number of halogens is 1. The summed E-state index contributed by atoms with van der Waals surface area (Å²) in [6, 6.07) is 0.340. The van der Waals surface area contributed by atoms with Crippen molar-refractivity contribution in [2.24, 2.45) is 23.5 Å². The van der Waals surface area contributed by atoms with Gasteiger partial charge in [0.25, 0.3) is 0 Å². The molecule has 0 aromatic rings. The maximum atomic E-state index is 12.0. The number of carbonyl (C=O) groups excluding carboxylic acids is 1. The van der Waals surface area contributed by atoms with Crippen LogP contribution in [0.15, 0.2) is 0 Å². The van der Waals surface area contributed by atoms with Crippen molar-refractivity contribution in [3.8, 4) is 0 Å². The number of carbonyl (C=O) groups is 1. The zero-order valence-corrected chi connectivity index (χ0v) is 11.9. The van der Waals surface area contributed by atoms with Crippen LogP contribution >= 0.6 is 12.4 Å². The molecule has 2 aliphatic rings. The van der Waals surface area contributed by atoms with Gasteiger partial charge in [-0.3, -0.25) is 4.79 Å². The lowest BCUT2D eigenvalue weighted by Crippen LogP contribution is -2.49. The number of rotatable bonds is 4. The van der Waals surface area contributed by atoms with Gasteiger partial charge in [0.2, 0.25) is 5.91 Å². The van der Waals surface area contributed by atoms with Crippen LogP contribution in [0.4, 0.5) is 0 Å². The zero-order chi connectivity index (χ0) is 12.3. The molecule has 3 N–H and O–H groups in total. The lowest BCUT2D eigenvalue weighted by molar-refractivity contribution is -0.128. The van der Waals surface area contributed by atoms with Crippen LogP contribution in [0.1, 0.15) is 32.1 Å². The third-order valence-corrected chi connectivity index (χ3v) is 4.39. The molecule has 2 saturated carbocycles. The molecule has 5 heteroatoms. The van der Waals surface area contributed by atoms with Gasteiger partial charge in [0.1, 0.15) is 0 Å². The molecular weight excluding hydrogens is 252 g/mol. The first-order chi connectivity index (χ1) is 8.22. The van der Waals surface area contributed by atoms with Crippen LogP contribution in [-0.2, 0) is 9.53 Å². The van der Waals surface area contributed by atoms with Gasteiger partial charge in [-0.05, 0) is 37.5 Å². The average Bonchev–Trinajstić information content (AvgIpc) is 2.28. The first kappa shape index (κ1) is 15.7. The van der Waals surface area contributed by atoms with Crippen LogP contribution in [0.3, 0.4) is 0 Å². The van der Waals surface area contributed by atoms with Crippen molar-refractivity contribution in [3.63, 3.8) is 0 Å². The van der Waals surface area contributed by atoms with Gasteiger partial charge in [-0.2, -0.15) is 0 Å². The number of nitrogens with two attached hydrogens (primary N) is 1. The Morgan fingerprint density at radius 2 is 1.94 bits per heavy atom. The highest BCUT2D eigenvalue weighted by molar-refractivity contribution is 5.85. The number of nitrogens with one attached hydrogen (secondary N) is 1. The van der Waals surface area contributed by atoms with Crippen LogP contribution < -0.4 is 11.1 Å². The number of hydrogen-bond donors (Lipinski definition) is 2. The Balaban J connectivity index is 0.00000162. The molecule has 0 saturated heterocycles. The van der Waals surface area contributed by atoms with Crippen LogP contribution in [0.2, 0.25) is 0 Å². The summed E-state index contributed by atoms with van der Waals surface area (Å²) in [5, 5.41) is 2.95. The summed E-state index contributed by atoms with van der Waals surface area (Å²) in [5.74, 6) is 1.52. The Morgan fingerprint density at radius 1 is 1.33 bits per heavy atom. The van der Waals surface area contributed by atoms with Crippen molar-refractivity contribution in [1.29, 1.82) is 0 Å². The summed E-state index contributed by atoms with van der Waals surface area (Å²) in [6.45, 7) is 1.21. The van der Waals surface area contributed by atoms with Crippen molar-refractivity contribution in [1.82, 2.24) is 5.32 Å².